The lowest BCUT2D eigenvalue weighted by Crippen LogP contribution is -2.27. The summed E-state index contributed by atoms with van der Waals surface area (Å²) in [4.78, 5) is 38.9. The van der Waals surface area contributed by atoms with Crippen molar-refractivity contribution in [3.63, 3.8) is 0 Å². The molecule has 1 aliphatic heterocycles. The minimum Gasteiger partial charge on any atom is -0.316 e. The molecule has 0 bridgehead atoms. The van der Waals surface area contributed by atoms with E-state index in [4.69, 9.17) is 11.6 Å². The Morgan fingerprint density at radius 1 is 1.38 bits per heavy atom. The number of benzene rings is 1. The van der Waals surface area contributed by atoms with E-state index >= 15 is 0 Å². The zero-order chi connectivity index (χ0) is 21.4. The molecule has 0 aliphatic carbocycles. The Bertz CT molecular complexity index is 877. The fourth-order valence-electron chi connectivity index (χ4n) is 2.76. The molecule has 1 atom stereocenters. The Kier molecular flexibility index (Phi) is 8.23. The molecule has 29 heavy (non-hydrogen) atoms. The second-order valence-electron chi connectivity index (χ2n) is 6.35. The van der Waals surface area contributed by atoms with E-state index in [-0.39, 0.29) is 22.7 Å². The van der Waals surface area contributed by atoms with Crippen molar-refractivity contribution < 1.29 is 18.8 Å². The fourth-order valence-corrected chi connectivity index (χ4v) is 2.95. The van der Waals surface area contributed by atoms with Crippen LogP contribution in [0.4, 0.5) is 15.9 Å². The summed E-state index contributed by atoms with van der Waals surface area (Å²) < 4.78 is 12.7. The highest BCUT2D eigenvalue weighted by atomic mass is 35.5. The molecule has 1 unspecified atom stereocenters. The van der Waals surface area contributed by atoms with Crippen molar-refractivity contribution in [3.8, 4) is 0 Å². The molecule has 1 aliphatic rings. The normalized spacial score (nSPS) is 15.5. The van der Waals surface area contributed by atoms with Crippen LogP contribution >= 0.6 is 11.6 Å². The number of aromatic nitrogens is 1. The predicted octanol–water partition coefficient (Wildman–Crippen LogP) is 2.79. The van der Waals surface area contributed by atoms with Gasteiger partial charge in [-0.25, -0.2) is 9.37 Å². The first-order valence-electron chi connectivity index (χ1n) is 8.95. The predicted molar refractivity (Wildman–Crippen MR) is 109 cm³/mol. The zero-order valence-corrected chi connectivity index (χ0v) is 16.9. The van der Waals surface area contributed by atoms with Crippen LogP contribution in [0.25, 0.3) is 0 Å². The highest BCUT2D eigenvalue weighted by Crippen LogP contribution is 2.24. The molecule has 1 fully saturated rings. The first kappa shape index (κ1) is 22.4. The van der Waals surface area contributed by atoms with Crippen molar-refractivity contribution in [2.24, 2.45) is 5.92 Å². The number of hydrogen-bond acceptors (Lipinski definition) is 5. The van der Waals surface area contributed by atoms with Gasteiger partial charge in [-0.2, -0.15) is 0 Å². The standard InChI is InChI=1S/C12H13N3O3.C8H9ClFN/c1-8(17)14-11-3-2-10(6-13-11)15-5-4-9(7-16)12(15)18;1-11-5-6-3-2-4-7(10)8(6)9/h2-3,6-7,9H,4-5H2,1H3,(H,13,14,17);2-4,11H,5H2,1H3. The maximum absolute atomic E-state index is 12.7. The summed E-state index contributed by atoms with van der Waals surface area (Å²) in [6.07, 6.45) is 2.73. The van der Waals surface area contributed by atoms with Crippen molar-refractivity contribution in [1.29, 1.82) is 0 Å². The number of halogens is 2. The summed E-state index contributed by atoms with van der Waals surface area (Å²) in [6, 6.07) is 8.11. The van der Waals surface area contributed by atoms with Gasteiger partial charge in [0.15, 0.2) is 0 Å². The average Bonchev–Trinajstić information content (AvgIpc) is 3.07. The highest BCUT2D eigenvalue weighted by Gasteiger charge is 2.32. The van der Waals surface area contributed by atoms with E-state index in [0.717, 1.165) is 5.56 Å². The number of nitrogens with one attached hydrogen (secondary N) is 2. The Balaban J connectivity index is 0.000000234. The van der Waals surface area contributed by atoms with E-state index in [1.54, 1.807) is 31.3 Å². The number of amides is 2. The lowest BCUT2D eigenvalue weighted by molar-refractivity contribution is -0.125. The molecule has 9 heteroatoms. The largest absolute Gasteiger partial charge is 0.316 e. The lowest BCUT2D eigenvalue weighted by Gasteiger charge is -2.15. The van der Waals surface area contributed by atoms with Gasteiger partial charge in [0, 0.05) is 20.0 Å². The number of aldehydes is 1. The Hall–Kier alpha value is -2.84. The van der Waals surface area contributed by atoms with E-state index in [2.05, 4.69) is 15.6 Å². The quantitative estimate of drug-likeness (QED) is 0.573. The first-order valence-corrected chi connectivity index (χ1v) is 9.33. The molecule has 1 saturated heterocycles. The number of carbonyl (C=O) groups excluding carboxylic acids is 3. The molecular weight excluding hydrogens is 399 g/mol. The van der Waals surface area contributed by atoms with E-state index in [0.29, 0.717) is 37.3 Å². The summed E-state index contributed by atoms with van der Waals surface area (Å²) in [6.45, 7) is 2.51. The molecule has 1 aromatic carbocycles. The molecular formula is C20H22ClFN4O3. The van der Waals surface area contributed by atoms with Crippen molar-refractivity contribution >= 4 is 41.2 Å². The number of anilines is 2. The van der Waals surface area contributed by atoms with Crippen molar-refractivity contribution in [3.05, 3.63) is 52.9 Å². The van der Waals surface area contributed by atoms with Gasteiger partial charge in [0.2, 0.25) is 11.8 Å². The fraction of sp³-hybridized carbons (Fsp3) is 0.300. The van der Waals surface area contributed by atoms with Crippen molar-refractivity contribution in [2.75, 3.05) is 23.8 Å². The van der Waals surface area contributed by atoms with E-state index in [1.165, 1.54) is 24.1 Å². The lowest BCUT2D eigenvalue weighted by atomic mass is 10.1. The van der Waals surface area contributed by atoms with E-state index in [9.17, 15) is 18.8 Å². The van der Waals surface area contributed by atoms with Gasteiger partial charge in [-0.15, -0.1) is 0 Å². The average molecular weight is 421 g/mol. The molecule has 2 amide bonds. The minimum absolute atomic E-state index is 0.195. The van der Waals surface area contributed by atoms with Crippen LogP contribution < -0.4 is 15.5 Å². The Morgan fingerprint density at radius 2 is 2.14 bits per heavy atom. The van der Waals surface area contributed by atoms with Crippen molar-refractivity contribution in [1.82, 2.24) is 10.3 Å². The molecule has 7 nitrogen and oxygen atoms in total. The number of rotatable bonds is 5. The molecule has 3 rings (SSSR count). The molecule has 1 aromatic heterocycles. The van der Waals surface area contributed by atoms with Crippen LogP contribution in [0.3, 0.4) is 0 Å². The van der Waals surface area contributed by atoms with Crippen LogP contribution in [-0.4, -0.2) is 36.7 Å². The third kappa shape index (κ3) is 6.07. The molecule has 2 heterocycles. The van der Waals surface area contributed by atoms with Crippen molar-refractivity contribution in [2.45, 2.75) is 19.9 Å². The van der Waals surface area contributed by atoms with Crippen LogP contribution in [0.2, 0.25) is 5.02 Å². The van der Waals surface area contributed by atoms with Gasteiger partial charge >= 0.3 is 0 Å². The van der Waals surface area contributed by atoms with Gasteiger partial charge in [-0.1, -0.05) is 23.7 Å². The number of carbonyl (C=O) groups is 3. The van der Waals surface area contributed by atoms with Crippen LogP contribution in [0.5, 0.6) is 0 Å². The number of hydrogen-bond donors (Lipinski definition) is 2. The topological polar surface area (TPSA) is 91.4 Å². The summed E-state index contributed by atoms with van der Waals surface area (Å²) in [7, 11) is 1.79. The maximum atomic E-state index is 12.7. The summed E-state index contributed by atoms with van der Waals surface area (Å²) in [5, 5.41) is 5.66. The summed E-state index contributed by atoms with van der Waals surface area (Å²) >= 11 is 5.66. The summed E-state index contributed by atoms with van der Waals surface area (Å²) in [5.74, 6) is -0.864. The zero-order valence-electron chi connectivity index (χ0n) is 16.1. The Labute approximate surface area is 173 Å². The van der Waals surface area contributed by atoms with Crippen LogP contribution in [0.15, 0.2) is 36.5 Å². The van der Waals surface area contributed by atoms with Gasteiger partial charge in [-0.3, -0.25) is 9.59 Å². The monoisotopic (exact) mass is 420 g/mol. The number of pyridine rings is 1. The molecule has 2 N–H and O–H groups in total. The molecule has 154 valence electrons. The smallest absolute Gasteiger partial charge is 0.237 e. The third-order valence-corrected chi connectivity index (χ3v) is 4.60. The number of nitrogens with zero attached hydrogens (tertiary/aromatic N) is 2. The molecule has 0 saturated carbocycles. The van der Waals surface area contributed by atoms with E-state index < -0.39 is 5.92 Å². The first-order chi connectivity index (χ1) is 13.9. The van der Waals surface area contributed by atoms with Gasteiger partial charge in [0.1, 0.15) is 17.9 Å². The summed E-state index contributed by atoms with van der Waals surface area (Å²) in [5.41, 5.74) is 1.42. The maximum Gasteiger partial charge on any atom is 0.237 e. The van der Waals surface area contributed by atoms with Gasteiger partial charge in [-0.05, 0) is 37.2 Å². The van der Waals surface area contributed by atoms with E-state index in [1.807, 2.05) is 0 Å². The second-order valence-corrected chi connectivity index (χ2v) is 6.73. The molecule has 2 aromatic rings. The third-order valence-electron chi connectivity index (χ3n) is 4.17. The highest BCUT2D eigenvalue weighted by molar-refractivity contribution is 6.31. The minimum atomic E-state index is -0.542. The Morgan fingerprint density at radius 3 is 2.69 bits per heavy atom. The van der Waals surface area contributed by atoms with Crippen LogP contribution in [-0.2, 0) is 20.9 Å². The van der Waals surface area contributed by atoms with Crippen LogP contribution in [0.1, 0.15) is 18.9 Å². The second kappa shape index (κ2) is 10.6. The van der Waals surface area contributed by atoms with Gasteiger partial charge < -0.3 is 20.3 Å². The SMILES string of the molecule is CC(=O)Nc1ccc(N2CCC(C=O)C2=O)cn1.CNCc1cccc(F)c1Cl. The van der Waals surface area contributed by atoms with Crippen LogP contribution in [0, 0.1) is 11.7 Å². The van der Waals surface area contributed by atoms with Gasteiger partial charge in [0.05, 0.1) is 22.8 Å². The molecule has 0 radical (unpaired) electrons. The molecule has 0 spiro atoms. The van der Waals surface area contributed by atoms with Gasteiger partial charge in [0.25, 0.3) is 0 Å².